The third kappa shape index (κ3) is 4.40. The highest BCUT2D eigenvalue weighted by molar-refractivity contribution is 5.95. The fraction of sp³-hybridized carbons (Fsp3) is 0.625. The predicted molar refractivity (Wildman–Crippen MR) is 122 cm³/mol. The minimum atomic E-state index is -0.0109. The van der Waals surface area contributed by atoms with Crippen LogP contribution in [-0.4, -0.2) is 51.5 Å². The van der Waals surface area contributed by atoms with Crippen LogP contribution >= 0.6 is 0 Å². The maximum Gasteiger partial charge on any atom is 0.345 e. The zero-order chi connectivity index (χ0) is 22.7. The van der Waals surface area contributed by atoms with E-state index in [1.165, 1.54) is 17.5 Å². The van der Waals surface area contributed by atoms with Gasteiger partial charge in [-0.25, -0.2) is 9.48 Å². The Morgan fingerprint density at radius 2 is 1.69 bits per heavy atom. The van der Waals surface area contributed by atoms with Crippen LogP contribution in [0.15, 0.2) is 23.0 Å². The van der Waals surface area contributed by atoms with Gasteiger partial charge in [0.2, 0.25) is 0 Å². The lowest BCUT2D eigenvalue weighted by Crippen LogP contribution is -2.38. The first kappa shape index (κ1) is 22.4. The van der Waals surface area contributed by atoms with Crippen LogP contribution in [0.3, 0.4) is 0 Å². The van der Waals surface area contributed by atoms with Crippen molar-refractivity contribution in [3.8, 4) is 11.5 Å². The van der Waals surface area contributed by atoms with Gasteiger partial charge in [0, 0.05) is 37.7 Å². The number of ether oxygens (including phenoxy) is 2. The van der Waals surface area contributed by atoms with Gasteiger partial charge in [-0.1, -0.05) is 12.8 Å². The van der Waals surface area contributed by atoms with Crippen LogP contribution in [-0.2, 0) is 7.05 Å². The summed E-state index contributed by atoms with van der Waals surface area (Å²) in [4.78, 5) is 27.8. The molecule has 0 unspecified atom stereocenters. The van der Waals surface area contributed by atoms with Crippen LogP contribution in [0.4, 0.5) is 0 Å². The summed E-state index contributed by atoms with van der Waals surface area (Å²) < 4.78 is 14.7. The van der Waals surface area contributed by atoms with Crippen molar-refractivity contribution in [2.75, 3.05) is 26.3 Å². The molecule has 1 aliphatic carbocycles. The Hall–Kier alpha value is -2.77. The van der Waals surface area contributed by atoms with Crippen LogP contribution in [0.5, 0.6) is 11.5 Å². The third-order valence-corrected chi connectivity index (χ3v) is 6.61. The highest BCUT2D eigenvalue weighted by Gasteiger charge is 2.31. The number of nitrogens with zero attached hydrogens (tertiary/aromatic N) is 4. The maximum atomic E-state index is 13.2. The molecule has 2 heterocycles. The average Bonchev–Trinajstić information content (AvgIpc) is 3.43. The van der Waals surface area contributed by atoms with E-state index in [4.69, 9.17) is 9.47 Å². The molecule has 32 heavy (non-hydrogen) atoms. The van der Waals surface area contributed by atoms with E-state index in [0.29, 0.717) is 43.4 Å². The van der Waals surface area contributed by atoms with Crippen molar-refractivity contribution in [1.29, 1.82) is 0 Å². The van der Waals surface area contributed by atoms with E-state index < -0.39 is 0 Å². The summed E-state index contributed by atoms with van der Waals surface area (Å²) in [6.07, 6.45) is 6.06. The third-order valence-electron chi connectivity index (χ3n) is 6.61. The molecule has 1 aromatic carbocycles. The molecule has 0 N–H and O–H groups in total. The predicted octanol–water partition coefficient (Wildman–Crippen LogP) is 3.51. The summed E-state index contributed by atoms with van der Waals surface area (Å²) in [5.74, 6) is 2.36. The molecule has 0 spiro atoms. The second-order valence-corrected chi connectivity index (χ2v) is 8.67. The van der Waals surface area contributed by atoms with Crippen molar-refractivity contribution < 1.29 is 14.3 Å². The molecular weight excluding hydrogens is 408 g/mol. The van der Waals surface area contributed by atoms with Crippen LogP contribution in [0.1, 0.15) is 80.5 Å². The molecule has 1 aliphatic heterocycles. The minimum absolute atomic E-state index is 0.00153. The first-order chi connectivity index (χ1) is 15.5. The smallest absolute Gasteiger partial charge is 0.345 e. The Balaban J connectivity index is 1.46. The molecule has 0 radical (unpaired) electrons. The number of aryl methyl sites for hydroxylation is 1. The van der Waals surface area contributed by atoms with Crippen molar-refractivity contribution in [1.82, 2.24) is 19.2 Å². The largest absolute Gasteiger partial charge is 0.490 e. The number of aromatic nitrogens is 3. The fourth-order valence-electron chi connectivity index (χ4n) is 4.99. The monoisotopic (exact) mass is 442 g/mol. The quantitative estimate of drug-likeness (QED) is 0.656. The molecule has 0 atom stereocenters. The van der Waals surface area contributed by atoms with Gasteiger partial charge in [0.1, 0.15) is 5.82 Å². The Morgan fingerprint density at radius 3 is 2.34 bits per heavy atom. The molecule has 174 valence electrons. The average molecular weight is 443 g/mol. The minimum Gasteiger partial charge on any atom is -0.490 e. The molecule has 4 rings (SSSR count). The molecule has 1 aromatic heterocycles. The lowest BCUT2D eigenvalue weighted by Gasteiger charge is -2.32. The number of carbonyl (C=O) groups excluding carboxylic acids is 1. The zero-order valence-electron chi connectivity index (χ0n) is 19.4. The van der Waals surface area contributed by atoms with Gasteiger partial charge in [-0.05, 0) is 57.7 Å². The second kappa shape index (κ2) is 9.79. The number of benzene rings is 1. The highest BCUT2D eigenvalue weighted by atomic mass is 16.5. The van der Waals surface area contributed by atoms with Gasteiger partial charge in [0.15, 0.2) is 11.5 Å². The van der Waals surface area contributed by atoms with Crippen LogP contribution < -0.4 is 15.2 Å². The topological polar surface area (TPSA) is 78.6 Å². The molecule has 1 amide bonds. The molecule has 0 bridgehead atoms. The molecule has 1 saturated carbocycles. The van der Waals surface area contributed by atoms with Crippen LogP contribution in [0.25, 0.3) is 0 Å². The van der Waals surface area contributed by atoms with Crippen molar-refractivity contribution in [3.05, 3.63) is 40.1 Å². The van der Waals surface area contributed by atoms with Crippen molar-refractivity contribution in [2.24, 2.45) is 7.05 Å². The van der Waals surface area contributed by atoms with Crippen molar-refractivity contribution in [2.45, 2.75) is 64.3 Å². The van der Waals surface area contributed by atoms with E-state index in [-0.39, 0.29) is 23.6 Å². The second-order valence-electron chi connectivity index (χ2n) is 8.67. The van der Waals surface area contributed by atoms with Gasteiger partial charge < -0.3 is 14.4 Å². The lowest BCUT2D eigenvalue weighted by atomic mass is 9.95. The summed E-state index contributed by atoms with van der Waals surface area (Å²) in [5.41, 5.74) is 0.597. The van der Waals surface area contributed by atoms with Gasteiger partial charge >= 0.3 is 5.69 Å². The summed E-state index contributed by atoms with van der Waals surface area (Å²) in [6, 6.07) is 5.66. The van der Waals surface area contributed by atoms with Gasteiger partial charge in [-0.15, -0.1) is 0 Å². The van der Waals surface area contributed by atoms with E-state index in [1.54, 1.807) is 19.2 Å². The van der Waals surface area contributed by atoms with E-state index in [0.717, 1.165) is 31.5 Å². The van der Waals surface area contributed by atoms with Gasteiger partial charge in [-0.2, -0.15) is 5.10 Å². The first-order valence-corrected chi connectivity index (χ1v) is 11.9. The first-order valence-electron chi connectivity index (χ1n) is 11.9. The van der Waals surface area contributed by atoms with Gasteiger partial charge in [0.05, 0.1) is 13.2 Å². The molecule has 2 aromatic rings. The number of hydrogen-bond donors (Lipinski definition) is 0. The Morgan fingerprint density at radius 1 is 1.03 bits per heavy atom. The number of rotatable bonds is 7. The van der Waals surface area contributed by atoms with Crippen LogP contribution in [0.2, 0.25) is 0 Å². The van der Waals surface area contributed by atoms with E-state index >= 15 is 0 Å². The highest BCUT2D eigenvalue weighted by Crippen LogP contribution is 2.34. The zero-order valence-corrected chi connectivity index (χ0v) is 19.4. The molecule has 8 nitrogen and oxygen atoms in total. The van der Waals surface area contributed by atoms with Gasteiger partial charge in [0.25, 0.3) is 5.91 Å². The number of likely N-dealkylation sites (tertiary alicyclic amines) is 1. The molecular formula is C24H34N4O4. The Bertz CT molecular complexity index is 998. The summed E-state index contributed by atoms with van der Waals surface area (Å²) >= 11 is 0. The number of carbonyl (C=O) groups is 1. The van der Waals surface area contributed by atoms with E-state index in [2.05, 4.69) is 5.10 Å². The Labute approximate surface area is 189 Å². The Kier molecular flexibility index (Phi) is 6.86. The normalized spacial score (nSPS) is 17.7. The molecule has 8 heteroatoms. The van der Waals surface area contributed by atoms with E-state index in [1.807, 2.05) is 29.4 Å². The summed E-state index contributed by atoms with van der Waals surface area (Å²) in [6.45, 7) is 6.19. The van der Waals surface area contributed by atoms with Gasteiger partial charge in [-0.3, -0.25) is 9.36 Å². The SMILES string of the molecule is CCOc1ccc(C(=O)N2CCC(c3nn(C)c(=O)n3C3CCCC3)CC2)cc1OCC. The van der Waals surface area contributed by atoms with Crippen molar-refractivity contribution in [3.63, 3.8) is 0 Å². The summed E-state index contributed by atoms with van der Waals surface area (Å²) in [5, 5.41) is 4.60. The number of amides is 1. The standard InChI is InChI=1S/C24H34N4O4/c1-4-31-20-11-10-18(16-21(20)32-5-2)23(29)27-14-12-17(13-15-27)22-25-26(3)24(30)28(22)19-8-6-7-9-19/h10-11,16-17,19H,4-9,12-15H2,1-3H3. The number of piperidine rings is 1. The fourth-order valence-corrected chi connectivity index (χ4v) is 4.99. The van der Waals surface area contributed by atoms with Crippen molar-refractivity contribution >= 4 is 5.91 Å². The number of hydrogen-bond acceptors (Lipinski definition) is 5. The summed E-state index contributed by atoms with van der Waals surface area (Å²) in [7, 11) is 1.73. The molecule has 2 fully saturated rings. The van der Waals surface area contributed by atoms with E-state index in [9.17, 15) is 9.59 Å². The molecule has 1 saturated heterocycles. The van der Waals surface area contributed by atoms with Crippen LogP contribution in [0, 0.1) is 0 Å². The molecule has 2 aliphatic rings. The maximum absolute atomic E-state index is 13.2. The lowest BCUT2D eigenvalue weighted by molar-refractivity contribution is 0.0709.